The Morgan fingerprint density at radius 1 is 1.33 bits per heavy atom. The van der Waals surface area contributed by atoms with E-state index >= 15 is 0 Å². The van der Waals surface area contributed by atoms with Crippen LogP contribution in [0, 0.1) is 13.8 Å². The Kier molecular flexibility index (Phi) is 4.98. The van der Waals surface area contributed by atoms with Crippen LogP contribution in [0.15, 0.2) is 24.3 Å². The van der Waals surface area contributed by atoms with Crippen LogP contribution in [0.3, 0.4) is 0 Å². The average Bonchev–Trinajstić information content (AvgIpc) is 2.73. The second kappa shape index (κ2) is 6.74. The van der Waals surface area contributed by atoms with Gasteiger partial charge in [-0.1, -0.05) is 41.4 Å². The third-order valence-corrected chi connectivity index (χ3v) is 3.44. The van der Waals surface area contributed by atoms with Crippen molar-refractivity contribution in [2.75, 3.05) is 6.61 Å². The number of hydrogen-bond donors (Lipinski definition) is 1. The Morgan fingerprint density at radius 2 is 2.00 bits per heavy atom. The van der Waals surface area contributed by atoms with Gasteiger partial charge in [0.05, 0.1) is 18.8 Å². The summed E-state index contributed by atoms with van der Waals surface area (Å²) in [6, 6.07) is 8.09. The Morgan fingerprint density at radius 3 is 2.62 bits per heavy atom. The van der Waals surface area contributed by atoms with Crippen LogP contribution in [0.4, 0.5) is 0 Å². The highest BCUT2D eigenvalue weighted by Crippen LogP contribution is 2.21. The number of carbonyl (C=O) groups is 1. The van der Waals surface area contributed by atoms with Crippen molar-refractivity contribution in [1.82, 2.24) is 15.3 Å². The summed E-state index contributed by atoms with van der Waals surface area (Å²) < 4.78 is 1.61. The molecule has 21 heavy (non-hydrogen) atoms. The van der Waals surface area contributed by atoms with E-state index in [0.29, 0.717) is 29.6 Å². The lowest BCUT2D eigenvalue weighted by atomic mass is 10.1. The molecule has 2 rings (SSSR count). The Hall–Kier alpha value is -1.85. The number of carbonyl (C=O) groups excluding carboxylic acids is 1. The topological polar surface area (TPSA) is 56.1 Å². The fourth-order valence-corrected chi connectivity index (χ4v) is 2.29. The summed E-state index contributed by atoms with van der Waals surface area (Å²) in [5, 5.41) is 4.64. The minimum atomic E-state index is -0.380. The van der Waals surface area contributed by atoms with E-state index in [9.17, 15) is 4.79 Å². The Labute approximate surface area is 128 Å². The standard InChI is InChI=1S/C15H18ClN3O2/c1-4-21-18-15(20)13-11(3)17-19(14(13)16)9-12-7-5-10(2)6-8-12/h5-8H,4,9H2,1-3H3,(H,18,20). The fraction of sp³-hybridized carbons (Fsp3) is 0.333. The predicted molar refractivity (Wildman–Crippen MR) is 81.3 cm³/mol. The summed E-state index contributed by atoms with van der Waals surface area (Å²) >= 11 is 6.27. The highest BCUT2D eigenvalue weighted by molar-refractivity contribution is 6.33. The molecule has 0 aliphatic heterocycles. The number of nitrogens with one attached hydrogen (secondary N) is 1. The average molecular weight is 308 g/mol. The van der Waals surface area contributed by atoms with Crippen LogP contribution >= 0.6 is 11.6 Å². The number of amides is 1. The molecule has 0 atom stereocenters. The molecule has 1 heterocycles. The van der Waals surface area contributed by atoms with E-state index in [1.54, 1.807) is 18.5 Å². The summed E-state index contributed by atoms with van der Waals surface area (Å²) in [5.74, 6) is -0.380. The largest absolute Gasteiger partial charge is 0.279 e. The summed E-state index contributed by atoms with van der Waals surface area (Å²) in [4.78, 5) is 16.9. The lowest BCUT2D eigenvalue weighted by molar-refractivity contribution is 0.0364. The summed E-state index contributed by atoms with van der Waals surface area (Å²) in [7, 11) is 0. The normalized spacial score (nSPS) is 10.7. The molecule has 5 nitrogen and oxygen atoms in total. The molecule has 0 fully saturated rings. The van der Waals surface area contributed by atoms with Crippen LogP contribution in [0.5, 0.6) is 0 Å². The minimum absolute atomic E-state index is 0.310. The third kappa shape index (κ3) is 3.62. The van der Waals surface area contributed by atoms with E-state index in [1.165, 1.54) is 5.56 Å². The highest BCUT2D eigenvalue weighted by Gasteiger charge is 2.20. The van der Waals surface area contributed by atoms with Crippen molar-refractivity contribution in [1.29, 1.82) is 0 Å². The maximum absolute atomic E-state index is 12.0. The number of halogens is 1. The lowest BCUT2D eigenvalue weighted by Gasteiger charge is -2.05. The van der Waals surface area contributed by atoms with Crippen molar-refractivity contribution in [3.8, 4) is 0 Å². The van der Waals surface area contributed by atoms with Crippen molar-refractivity contribution in [3.63, 3.8) is 0 Å². The summed E-state index contributed by atoms with van der Waals surface area (Å²) in [6.45, 7) is 6.47. The van der Waals surface area contributed by atoms with Crippen LogP contribution in [0.2, 0.25) is 5.15 Å². The van der Waals surface area contributed by atoms with E-state index in [1.807, 2.05) is 31.2 Å². The van der Waals surface area contributed by atoms with E-state index in [-0.39, 0.29) is 5.91 Å². The van der Waals surface area contributed by atoms with E-state index in [0.717, 1.165) is 5.56 Å². The zero-order valence-electron chi connectivity index (χ0n) is 12.3. The number of aromatic nitrogens is 2. The molecule has 1 N–H and O–H groups in total. The van der Waals surface area contributed by atoms with Crippen LogP contribution in [-0.2, 0) is 11.4 Å². The molecule has 0 bridgehead atoms. The molecular formula is C15H18ClN3O2. The van der Waals surface area contributed by atoms with Gasteiger partial charge in [-0.15, -0.1) is 0 Å². The lowest BCUT2D eigenvalue weighted by Crippen LogP contribution is -2.24. The van der Waals surface area contributed by atoms with Gasteiger partial charge in [0.2, 0.25) is 0 Å². The van der Waals surface area contributed by atoms with E-state index < -0.39 is 0 Å². The molecule has 0 unspecified atom stereocenters. The zero-order valence-corrected chi connectivity index (χ0v) is 13.1. The number of hydrogen-bond acceptors (Lipinski definition) is 3. The monoisotopic (exact) mass is 307 g/mol. The van der Waals surface area contributed by atoms with E-state index in [4.69, 9.17) is 16.4 Å². The molecule has 0 aliphatic rings. The first-order chi connectivity index (χ1) is 10.0. The van der Waals surface area contributed by atoms with Crippen molar-refractivity contribution >= 4 is 17.5 Å². The van der Waals surface area contributed by atoms with Gasteiger partial charge in [-0.25, -0.2) is 10.2 Å². The summed E-state index contributed by atoms with van der Waals surface area (Å²) in [5.41, 5.74) is 5.52. The van der Waals surface area contributed by atoms with Gasteiger partial charge < -0.3 is 0 Å². The number of benzene rings is 1. The second-order valence-corrected chi connectivity index (χ2v) is 5.12. The van der Waals surface area contributed by atoms with Gasteiger partial charge in [0.1, 0.15) is 10.7 Å². The minimum Gasteiger partial charge on any atom is -0.274 e. The molecule has 0 saturated carbocycles. The van der Waals surface area contributed by atoms with Gasteiger partial charge in [0, 0.05) is 0 Å². The second-order valence-electron chi connectivity index (χ2n) is 4.76. The molecule has 112 valence electrons. The maximum atomic E-state index is 12.0. The quantitative estimate of drug-likeness (QED) is 0.864. The first-order valence-corrected chi connectivity index (χ1v) is 7.11. The van der Waals surface area contributed by atoms with Crippen LogP contribution in [0.1, 0.15) is 34.1 Å². The molecule has 0 spiro atoms. The van der Waals surface area contributed by atoms with Crippen molar-refractivity contribution in [2.45, 2.75) is 27.3 Å². The molecule has 1 aromatic carbocycles. The number of nitrogens with zero attached hydrogens (tertiary/aromatic N) is 2. The van der Waals surface area contributed by atoms with Crippen molar-refractivity contribution < 1.29 is 9.63 Å². The maximum Gasteiger partial charge on any atom is 0.279 e. The van der Waals surface area contributed by atoms with Gasteiger partial charge >= 0.3 is 0 Å². The predicted octanol–water partition coefficient (Wildman–Crippen LogP) is 2.88. The zero-order chi connectivity index (χ0) is 15.4. The van der Waals surface area contributed by atoms with Gasteiger partial charge in [-0.3, -0.25) is 9.63 Å². The first kappa shape index (κ1) is 15.5. The Balaban J connectivity index is 2.22. The van der Waals surface area contributed by atoms with Crippen LogP contribution in [-0.4, -0.2) is 22.3 Å². The number of hydroxylamine groups is 1. The van der Waals surface area contributed by atoms with Gasteiger partial charge in [-0.2, -0.15) is 5.10 Å². The smallest absolute Gasteiger partial charge is 0.274 e. The molecule has 6 heteroatoms. The van der Waals surface area contributed by atoms with Crippen LogP contribution < -0.4 is 5.48 Å². The Bertz CT molecular complexity index is 635. The first-order valence-electron chi connectivity index (χ1n) is 6.73. The highest BCUT2D eigenvalue weighted by atomic mass is 35.5. The number of aryl methyl sites for hydroxylation is 2. The molecule has 1 amide bonds. The summed E-state index contributed by atoms with van der Waals surface area (Å²) in [6.07, 6.45) is 0. The van der Waals surface area contributed by atoms with Gasteiger partial charge in [0.25, 0.3) is 5.91 Å². The number of rotatable bonds is 5. The van der Waals surface area contributed by atoms with Gasteiger partial charge in [-0.05, 0) is 26.3 Å². The molecule has 0 radical (unpaired) electrons. The van der Waals surface area contributed by atoms with Crippen molar-refractivity contribution in [2.24, 2.45) is 0 Å². The molecule has 2 aromatic rings. The molecule has 0 saturated heterocycles. The van der Waals surface area contributed by atoms with Crippen LogP contribution in [0.25, 0.3) is 0 Å². The third-order valence-electron chi connectivity index (χ3n) is 3.05. The van der Waals surface area contributed by atoms with Crippen molar-refractivity contribution in [3.05, 3.63) is 51.8 Å². The molecule has 1 aromatic heterocycles. The molecule has 0 aliphatic carbocycles. The van der Waals surface area contributed by atoms with E-state index in [2.05, 4.69) is 10.6 Å². The van der Waals surface area contributed by atoms with Gasteiger partial charge in [0.15, 0.2) is 0 Å². The SMILES string of the molecule is CCONC(=O)c1c(C)nn(Cc2ccc(C)cc2)c1Cl. The fourth-order valence-electron chi connectivity index (χ4n) is 1.97. The molecular weight excluding hydrogens is 290 g/mol.